The van der Waals surface area contributed by atoms with E-state index in [0.29, 0.717) is 10.6 Å². The Hall–Kier alpha value is -2.18. The van der Waals surface area contributed by atoms with Crippen LogP contribution in [-0.2, 0) is 6.42 Å². The summed E-state index contributed by atoms with van der Waals surface area (Å²) in [5.74, 6) is 0.878. The van der Waals surface area contributed by atoms with Crippen LogP contribution in [0, 0.1) is 11.3 Å². The Bertz CT molecular complexity index is 664. The maximum absolute atomic E-state index is 8.95. The molecular weight excluding hydrogens is 284 g/mol. The van der Waals surface area contributed by atoms with Gasteiger partial charge in [-0.25, -0.2) is 0 Å². The molecule has 4 heteroatoms. The summed E-state index contributed by atoms with van der Waals surface area (Å²) in [4.78, 5) is 0. The van der Waals surface area contributed by atoms with Crippen LogP contribution in [0.5, 0.6) is 5.75 Å². The molecule has 0 amide bonds. The number of para-hydroxylation sites is 1. The van der Waals surface area contributed by atoms with Gasteiger partial charge in [-0.15, -0.1) is 0 Å². The predicted molar refractivity (Wildman–Crippen MR) is 85.9 cm³/mol. The monoisotopic (exact) mass is 300 g/mol. The zero-order valence-corrected chi connectivity index (χ0v) is 12.8. The summed E-state index contributed by atoms with van der Waals surface area (Å²) >= 11 is 6.16. The number of hydrogen-bond donors (Lipinski definition) is 1. The number of nitrogens with one attached hydrogen (secondary N) is 1. The number of nitrogens with zero attached hydrogens (tertiary/aromatic N) is 1. The number of ether oxygens (including phenoxy) is 1. The van der Waals surface area contributed by atoms with E-state index in [1.54, 1.807) is 25.3 Å². The van der Waals surface area contributed by atoms with Crippen molar-refractivity contribution in [2.45, 2.75) is 19.4 Å². The number of benzene rings is 2. The topological polar surface area (TPSA) is 45.0 Å². The molecule has 0 heterocycles. The van der Waals surface area contributed by atoms with E-state index in [4.69, 9.17) is 21.6 Å². The van der Waals surface area contributed by atoms with Crippen LogP contribution in [0.1, 0.15) is 18.1 Å². The Labute approximate surface area is 130 Å². The summed E-state index contributed by atoms with van der Waals surface area (Å²) in [7, 11) is 1.67. The van der Waals surface area contributed by atoms with Gasteiger partial charge in [0.25, 0.3) is 0 Å². The summed E-state index contributed by atoms with van der Waals surface area (Å²) in [6, 6.07) is 15.4. The lowest BCUT2D eigenvalue weighted by Gasteiger charge is -2.18. The van der Waals surface area contributed by atoms with Crippen LogP contribution in [0.3, 0.4) is 0 Å². The lowest BCUT2D eigenvalue weighted by Crippen LogP contribution is -2.18. The van der Waals surface area contributed by atoms with Gasteiger partial charge in [0.05, 0.1) is 29.5 Å². The van der Waals surface area contributed by atoms with Crippen molar-refractivity contribution in [3.8, 4) is 11.8 Å². The Morgan fingerprint density at radius 3 is 2.76 bits per heavy atom. The van der Waals surface area contributed by atoms with Crippen LogP contribution >= 0.6 is 11.6 Å². The number of hydrogen-bond acceptors (Lipinski definition) is 3. The summed E-state index contributed by atoms with van der Waals surface area (Å²) in [5.41, 5.74) is 2.50. The van der Waals surface area contributed by atoms with Crippen LogP contribution in [-0.4, -0.2) is 13.2 Å². The average molecular weight is 301 g/mol. The van der Waals surface area contributed by atoms with E-state index in [0.717, 1.165) is 23.4 Å². The fourth-order valence-corrected chi connectivity index (χ4v) is 2.40. The Balaban J connectivity index is 2.12. The Morgan fingerprint density at radius 1 is 1.29 bits per heavy atom. The van der Waals surface area contributed by atoms with Crippen molar-refractivity contribution in [2.24, 2.45) is 0 Å². The molecule has 3 nitrogen and oxygen atoms in total. The molecule has 2 aromatic rings. The number of methoxy groups -OCH3 is 1. The van der Waals surface area contributed by atoms with Crippen molar-refractivity contribution in [2.75, 3.05) is 12.4 Å². The third-order valence-electron chi connectivity index (χ3n) is 3.22. The van der Waals surface area contributed by atoms with Gasteiger partial charge in [0.1, 0.15) is 5.75 Å². The molecule has 0 aliphatic heterocycles. The summed E-state index contributed by atoms with van der Waals surface area (Å²) < 4.78 is 5.36. The average Bonchev–Trinajstić information content (AvgIpc) is 2.50. The normalized spacial score (nSPS) is 11.5. The van der Waals surface area contributed by atoms with Gasteiger partial charge in [0.2, 0.25) is 0 Å². The van der Waals surface area contributed by atoms with Crippen LogP contribution in [0.2, 0.25) is 5.02 Å². The Morgan fingerprint density at radius 2 is 2.05 bits per heavy atom. The molecule has 0 aromatic heterocycles. The zero-order valence-electron chi connectivity index (χ0n) is 12.1. The first-order valence-corrected chi connectivity index (χ1v) is 7.10. The highest BCUT2D eigenvalue weighted by Gasteiger charge is 2.10. The van der Waals surface area contributed by atoms with Gasteiger partial charge in [-0.05, 0) is 43.2 Å². The van der Waals surface area contributed by atoms with E-state index in [-0.39, 0.29) is 6.04 Å². The van der Waals surface area contributed by atoms with Crippen molar-refractivity contribution < 1.29 is 4.74 Å². The summed E-state index contributed by atoms with van der Waals surface area (Å²) in [6.45, 7) is 2.07. The smallest absolute Gasteiger partial charge is 0.122 e. The minimum Gasteiger partial charge on any atom is -0.496 e. The highest BCUT2D eigenvalue weighted by molar-refractivity contribution is 6.33. The van der Waals surface area contributed by atoms with Crippen molar-refractivity contribution >= 4 is 17.3 Å². The molecule has 0 fully saturated rings. The second-order valence-corrected chi connectivity index (χ2v) is 5.27. The molecule has 108 valence electrons. The molecule has 2 rings (SSSR count). The largest absolute Gasteiger partial charge is 0.496 e. The van der Waals surface area contributed by atoms with Crippen molar-refractivity contribution in [3.05, 3.63) is 58.6 Å². The second kappa shape index (κ2) is 7.01. The summed E-state index contributed by atoms with van der Waals surface area (Å²) in [6.07, 6.45) is 0.803. The highest BCUT2D eigenvalue weighted by atomic mass is 35.5. The number of nitriles is 1. The molecule has 0 aliphatic carbocycles. The first kappa shape index (κ1) is 15.2. The van der Waals surface area contributed by atoms with Crippen LogP contribution in [0.15, 0.2) is 42.5 Å². The van der Waals surface area contributed by atoms with E-state index in [9.17, 15) is 0 Å². The van der Waals surface area contributed by atoms with Gasteiger partial charge in [-0.1, -0.05) is 29.8 Å². The van der Waals surface area contributed by atoms with Crippen molar-refractivity contribution in [1.29, 1.82) is 5.26 Å². The lowest BCUT2D eigenvalue weighted by atomic mass is 10.1. The molecule has 0 bridgehead atoms. The minimum atomic E-state index is 0.160. The molecule has 0 radical (unpaired) electrons. The lowest BCUT2D eigenvalue weighted by molar-refractivity contribution is 0.409. The van der Waals surface area contributed by atoms with Gasteiger partial charge in [0.15, 0.2) is 0 Å². The van der Waals surface area contributed by atoms with E-state index < -0.39 is 0 Å². The highest BCUT2D eigenvalue weighted by Crippen LogP contribution is 2.25. The third-order valence-corrected chi connectivity index (χ3v) is 3.55. The predicted octanol–water partition coefficient (Wildman–Crippen LogP) is 4.26. The first-order valence-electron chi connectivity index (χ1n) is 6.72. The van der Waals surface area contributed by atoms with E-state index >= 15 is 0 Å². The second-order valence-electron chi connectivity index (χ2n) is 4.87. The molecular formula is C17H17ClN2O. The SMILES string of the molecule is COc1ccccc1CC(C)Nc1cc(C#N)ccc1Cl. The van der Waals surface area contributed by atoms with Gasteiger partial charge in [-0.2, -0.15) is 5.26 Å². The van der Waals surface area contributed by atoms with E-state index in [1.165, 1.54) is 0 Å². The quantitative estimate of drug-likeness (QED) is 0.897. The van der Waals surface area contributed by atoms with Crippen LogP contribution < -0.4 is 10.1 Å². The van der Waals surface area contributed by atoms with Gasteiger partial charge in [-0.3, -0.25) is 0 Å². The van der Waals surface area contributed by atoms with Crippen LogP contribution in [0.25, 0.3) is 0 Å². The van der Waals surface area contributed by atoms with Crippen LogP contribution in [0.4, 0.5) is 5.69 Å². The van der Waals surface area contributed by atoms with Crippen molar-refractivity contribution in [3.63, 3.8) is 0 Å². The fourth-order valence-electron chi connectivity index (χ4n) is 2.22. The number of rotatable bonds is 5. The third kappa shape index (κ3) is 3.90. The molecule has 0 spiro atoms. The molecule has 2 aromatic carbocycles. The van der Waals surface area contributed by atoms with Gasteiger partial charge < -0.3 is 10.1 Å². The standard InChI is InChI=1S/C17H17ClN2O/c1-12(9-14-5-3-4-6-17(14)21-2)20-16-10-13(11-19)7-8-15(16)18/h3-8,10,12,20H,9H2,1-2H3. The van der Waals surface area contributed by atoms with E-state index in [1.807, 2.05) is 24.3 Å². The number of halogens is 1. The zero-order chi connectivity index (χ0) is 15.2. The molecule has 1 N–H and O–H groups in total. The first-order chi connectivity index (χ1) is 10.1. The maximum atomic E-state index is 8.95. The van der Waals surface area contributed by atoms with Gasteiger partial charge >= 0.3 is 0 Å². The molecule has 1 atom stereocenters. The minimum absolute atomic E-state index is 0.160. The molecule has 1 unspecified atom stereocenters. The molecule has 0 saturated heterocycles. The van der Waals surface area contributed by atoms with Gasteiger partial charge in [0, 0.05) is 6.04 Å². The van der Waals surface area contributed by atoms with E-state index in [2.05, 4.69) is 18.3 Å². The Kier molecular flexibility index (Phi) is 5.08. The molecule has 0 saturated carbocycles. The maximum Gasteiger partial charge on any atom is 0.122 e. The molecule has 0 aliphatic rings. The van der Waals surface area contributed by atoms with Crippen molar-refractivity contribution in [1.82, 2.24) is 0 Å². The fraction of sp³-hybridized carbons (Fsp3) is 0.235. The number of anilines is 1. The molecule has 21 heavy (non-hydrogen) atoms. The summed E-state index contributed by atoms with van der Waals surface area (Å²) in [5, 5.41) is 12.9.